The van der Waals surface area contributed by atoms with Crippen LogP contribution in [0.25, 0.3) is 0 Å². The van der Waals surface area contributed by atoms with E-state index < -0.39 is 16.0 Å². The molecule has 0 radical (unpaired) electrons. The van der Waals surface area contributed by atoms with Crippen molar-refractivity contribution in [3.05, 3.63) is 29.8 Å². The summed E-state index contributed by atoms with van der Waals surface area (Å²) in [5.74, 6) is -0.816. The quantitative estimate of drug-likeness (QED) is 0.806. The second-order valence-electron chi connectivity index (χ2n) is 4.77. The third-order valence-corrected chi connectivity index (χ3v) is 5.01. The smallest absolute Gasteiger partial charge is 0.306 e. The molecule has 0 amide bonds. The lowest BCUT2D eigenvalue weighted by Gasteiger charge is -2.33. The number of rotatable bonds is 4. The van der Waals surface area contributed by atoms with Crippen LogP contribution in [0.1, 0.15) is 12.0 Å². The van der Waals surface area contributed by atoms with Gasteiger partial charge in [0.25, 0.3) is 0 Å². The Morgan fingerprint density at radius 2 is 2.15 bits per heavy atom. The van der Waals surface area contributed by atoms with Crippen LogP contribution in [0.15, 0.2) is 24.3 Å². The van der Waals surface area contributed by atoms with Crippen LogP contribution in [0, 0.1) is 0 Å². The molecule has 1 atom stereocenters. The molecular formula is C13H18N2O4S. The maximum Gasteiger partial charge on any atom is 0.306 e. The van der Waals surface area contributed by atoms with Crippen LogP contribution in [-0.4, -0.2) is 39.8 Å². The van der Waals surface area contributed by atoms with Gasteiger partial charge in [0.05, 0.1) is 25.0 Å². The molecule has 0 bridgehead atoms. The summed E-state index contributed by atoms with van der Waals surface area (Å²) in [7, 11) is -2.35. The molecule has 1 heterocycles. The van der Waals surface area contributed by atoms with Crippen LogP contribution < -0.4 is 10.0 Å². The predicted octanol–water partition coefficient (Wildman–Crippen LogP) is 0.269. The molecule has 0 saturated heterocycles. The first-order valence-electron chi connectivity index (χ1n) is 6.35. The molecule has 0 saturated carbocycles. The number of ether oxygens (including phenoxy) is 1. The van der Waals surface area contributed by atoms with Crippen molar-refractivity contribution in [2.75, 3.05) is 23.7 Å². The fraction of sp³-hybridized carbons (Fsp3) is 0.462. The summed E-state index contributed by atoms with van der Waals surface area (Å²) in [6, 6.07) is 7.04. The van der Waals surface area contributed by atoms with Crippen LogP contribution >= 0.6 is 0 Å². The number of benzene rings is 1. The molecule has 20 heavy (non-hydrogen) atoms. The highest BCUT2D eigenvalue weighted by Gasteiger charge is 2.30. The number of nitrogens with two attached hydrogens (primary N) is 1. The molecule has 0 aliphatic carbocycles. The van der Waals surface area contributed by atoms with Crippen molar-refractivity contribution in [3.63, 3.8) is 0 Å². The zero-order chi connectivity index (χ0) is 14.8. The van der Waals surface area contributed by atoms with E-state index in [0.29, 0.717) is 12.1 Å². The Morgan fingerprint density at radius 3 is 2.85 bits per heavy atom. The highest BCUT2D eigenvalue weighted by molar-refractivity contribution is 7.92. The van der Waals surface area contributed by atoms with Gasteiger partial charge < -0.3 is 10.5 Å². The monoisotopic (exact) mass is 298 g/mol. The van der Waals surface area contributed by atoms with Gasteiger partial charge in [0.1, 0.15) is 0 Å². The molecule has 6 nitrogen and oxygen atoms in total. The summed E-state index contributed by atoms with van der Waals surface area (Å²) in [5, 5.41) is 0. The maximum atomic E-state index is 12.4. The van der Waals surface area contributed by atoms with Crippen LogP contribution in [0.4, 0.5) is 5.69 Å². The van der Waals surface area contributed by atoms with Gasteiger partial charge in [-0.25, -0.2) is 8.42 Å². The fourth-order valence-electron chi connectivity index (χ4n) is 2.27. The van der Waals surface area contributed by atoms with E-state index in [2.05, 4.69) is 4.74 Å². The second kappa shape index (κ2) is 5.80. The lowest BCUT2D eigenvalue weighted by atomic mass is 10.0. The van der Waals surface area contributed by atoms with E-state index in [0.717, 1.165) is 5.56 Å². The topological polar surface area (TPSA) is 89.7 Å². The fourth-order valence-corrected chi connectivity index (χ4v) is 3.81. The van der Waals surface area contributed by atoms with Gasteiger partial charge >= 0.3 is 5.97 Å². The second-order valence-corrected chi connectivity index (χ2v) is 6.78. The molecule has 1 aromatic carbocycles. The lowest BCUT2D eigenvalue weighted by molar-refractivity contribution is -0.140. The normalized spacial score (nSPS) is 18.5. The maximum absolute atomic E-state index is 12.4. The van der Waals surface area contributed by atoms with Gasteiger partial charge in [-0.05, 0) is 18.1 Å². The Bertz CT molecular complexity index is 600. The van der Waals surface area contributed by atoms with Crippen molar-refractivity contribution in [2.24, 2.45) is 5.73 Å². The summed E-state index contributed by atoms with van der Waals surface area (Å²) >= 11 is 0. The van der Waals surface area contributed by atoms with Crippen LogP contribution in [0.3, 0.4) is 0 Å². The molecule has 110 valence electrons. The van der Waals surface area contributed by atoms with Gasteiger partial charge in [-0.2, -0.15) is 0 Å². The number of para-hydroxylation sites is 1. The standard InChI is InChI=1S/C13H18N2O4S/c1-19-13(16)6-7-20(17,18)15-9-11(14)8-10-4-2-3-5-12(10)15/h2-5,11H,6-9,14H2,1H3. The van der Waals surface area contributed by atoms with Crippen molar-refractivity contribution < 1.29 is 17.9 Å². The minimum Gasteiger partial charge on any atom is -0.469 e. The van der Waals surface area contributed by atoms with E-state index in [9.17, 15) is 13.2 Å². The number of hydrogen-bond acceptors (Lipinski definition) is 5. The van der Waals surface area contributed by atoms with E-state index in [1.54, 1.807) is 12.1 Å². The van der Waals surface area contributed by atoms with E-state index in [4.69, 9.17) is 5.73 Å². The van der Waals surface area contributed by atoms with Gasteiger partial charge in [-0.1, -0.05) is 18.2 Å². The number of methoxy groups -OCH3 is 1. The average Bonchev–Trinajstić information content (AvgIpc) is 2.43. The van der Waals surface area contributed by atoms with Gasteiger partial charge in [0, 0.05) is 12.6 Å². The number of carbonyl (C=O) groups is 1. The third kappa shape index (κ3) is 3.10. The lowest BCUT2D eigenvalue weighted by Crippen LogP contribution is -2.47. The first kappa shape index (κ1) is 14.8. The Kier molecular flexibility index (Phi) is 4.29. The molecule has 1 aliphatic rings. The molecule has 1 aliphatic heterocycles. The number of sulfonamides is 1. The molecular weight excluding hydrogens is 280 g/mol. The van der Waals surface area contributed by atoms with Crippen molar-refractivity contribution in [2.45, 2.75) is 18.9 Å². The van der Waals surface area contributed by atoms with E-state index in [1.165, 1.54) is 11.4 Å². The number of fused-ring (bicyclic) bond motifs is 1. The number of hydrogen-bond donors (Lipinski definition) is 1. The Hall–Kier alpha value is -1.60. The van der Waals surface area contributed by atoms with Crippen molar-refractivity contribution in [1.29, 1.82) is 0 Å². The Balaban J connectivity index is 2.25. The summed E-state index contributed by atoms with van der Waals surface area (Å²) in [6.45, 7) is 0.237. The van der Waals surface area contributed by atoms with Crippen LogP contribution in [0.2, 0.25) is 0 Å². The van der Waals surface area contributed by atoms with Crippen molar-refractivity contribution in [3.8, 4) is 0 Å². The highest BCUT2D eigenvalue weighted by atomic mass is 32.2. The summed E-state index contributed by atoms with van der Waals surface area (Å²) < 4.78 is 30.5. The molecule has 1 unspecified atom stereocenters. The number of carbonyl (C=O) groups excluding carboxylic acids is 1. The zero-order valence-corrected chi connectivity index (χ0v) is 12.1. The molecule has 2 rings (SSSR count). The Morgan fingerprint density at radius 1 is 1.45 bits per heavy atom. The van der Waals surface area contributed by atoms with Crippen LogP contribution in [-0.2, 0) is 26.0 Å². The first-order chi connectivity index (χ1) is 9.44. The number of esters is 1. The molecule has 0 aromatic heterocycles. The van der Waals surface area contributed by atoms with Crippen LogP contribution in [0.5, 0.6) is 0 Å². The van der Waals surface area contributed by atoms with Crippen molar-refractivity contribution in [1.82, 2.24) is 0 Å². The van der Waals surface area contributed by atoms with E-state index in [-0.39, 0.29) is 24.8 Å². The molecule has 1 aromatic rings. The van der Waals surface area contributed by atoms with Gasteiger partial charge in [-0.15, -0.1) is 0 Å². The highest BCUT2D eigenvalue weighted by Crippen LogP contribution is 2.29. The van der Waals surface area contributed by atoms with Crippen molar-refractivity contribution >= 4 is 21.7 Å². The summed E-state index contributed by atoms with van der Waals surface area (Å²) in [5.41, 5.74) is 7.48. The SMILES string of the molecule is COC(=O)CCS(=O)(=O)N1CC(N)Cc2ccccc21. The Labute approximate surface area is 118 Å². The summed E-state index contributed by atoms with van der Waals surface area (Å²) in [6.07, 6.45) is 0.492. The van der Waals surface area contributed by atoms with E-state index in [1.807, 2.05) is 12.1 Å². The largest absolute Gasteiger partial charge is 0.469 e. The predicted molar refractivity (Wildman–Crippen MR) is 75.9 cm³/mol. The summed E-state index contributed by atoms with van der Waals surface area (Å²) in [4.78, 5) is 11.1. The molecule has 2 N–H and O–H groups in total. The molecule has 0 spiro atoms. The third-order valence-electron chi connectivity index (χ3n) is 3.27. The average molecular weight is 298 g/mol. The van der Waals surface area contributed by atoms with Gasteiger partial charge in [0.15, 0.2) is 0 Å². The minimum absolute atomic E-state index is 0.160. The first-order valence-corrected chi connectivity index (χ1v) is 7.95. The number of nitrogens with zero attached hydrogens (tertiary/aromatic N) is 1. The minimum atomic E-state index is -3.58. The number of anilines is 1. The zero-order valence-electron chi connectivity index (χ0n) is 11.3. The molecule has 0 fully saturated rings. The van der Waals surface area contributed by atoms with E-state index >= 15 is 0 Å². The molecule has 7 heteroatoms. The van der Waals surface area contributed by atoms with Gasteiger partial charge in [-0.3, -0.25) is 9.10 Å². The van der Waals surface area contributed by atoms with Gasteiger partial charge in [0.2, 0.25) is 10.0 Å².